The van der Waals surface area contributed by atoms with Gasteiger partial charge in [-0.05, 0) is 25.3 Å². The van der Waals surface area contributed by atoms with Crippen molar-refractivity contribution in [1.82, 2.24) is 20.0 Å². The van der Waals surface area contributed by atoms with Crippen LogP contribution >= 0.6 is 0 Å². The molecule has 0 unspecified atom stereocenters. The van der Waals surface area contributed by atoms with Crippen LogP contribution in [0.25, 0.3) is 0 Å². The zero-order valence-electron chi connectivity index (χ0n) is 16.3. The number of benzene rings is 1. The van der Waals surface area contributed by atoms with Crippen LogP contribution in [-0.2, 0) is 4.74 Å². The molecule has 0 saturated carbocycles. The number of aromatic nitrogens is 2. The molecule has 0 radical (unpaired) electrons. The Bertz CT molecular complexity index is 786. The SMILES string of the molecule is Cc1[nH]ncc1C(=O)N1CCO[C@@H](CN2CCC(O)CC2)[C@@H]1c1ccccc1. The van der Waals surface area contributed by atoms with Crippen molar-refractivity contribution < 1.29 is 14.6 Å². The van der Waals surface area contributed by atoms with Crippen LogP contribution in [0.15, 0.2) is 36.5 Å². The molecule has 4 rings (SSSR count). The lowest BCUT2D eigenvalue weighted by molar-refractivity contribution is -0.0770. The number of aliphatic hydroxyl groups excluding tert-OH is 1. The van der Waals surface area contributed by atoms with Gasteiger partial charge in [0.15, 0.2) is 0 Å². The van der Waals surface area contributed by atoms with Crippen molar-refractivity contribution in [2.24, 2.45) is 0 Å². The minimum absolute atomic E-state index is 0.0116. The second-order valence-electron chi connectivity index (χ2n) is 7.70. The molecular formula is C21H28N4O3. The Hall–Kier alpha value is -2.22. The molecule has 7 heteroatoms. The first kappa shape index (κ1) is 19.1. The number of ether oxygens (including phenoxy) is 1. The molecule has 2 atom stereocenters. The quantitative estimate of drug-likeness (QED) is 0.839. The van der Waals surface area contributed by atoms with E-state index < -0.39 is 0 Å². The highest BCUT2D eigenvalue weighted by atomic mass is 16.5. The molecule has 2 aliphatic rings. The summed E-state index contributed by atoms with van der Waals surface area (Å²) in [5, 5.41) is 16.7. The van der Waals surface area contributed by atoms with E-state index in [4.69, 9.17) is 4.74 Å². The lowest BCUT2D eigenvalue weighted by Crippen LogP contribution is -2.52. The van der Waals surface area contributed by atoms with Gasteiger partial charge < -0.3 is 19.6 Å². The maximum Gasteiger partial charge on any atom is 0.257 e. The average Bonchev–Trinajstić information content (AvgIpc) is 3.15. The third-order valence-electron chi connectivity index (χ3n) is 5.81. The molecule has 1 aromatic heterocycles. The van der Waals surface area contributed by atoms with E-state index in [0.29, 0.717) is 18.7 Å². The number of H-pyrrole nitrogens is 1. The monoisotopic (exact) mass is 384 g/mol. The fraction of sp³-hybridized carbons (Fsp3) is 0.524. The van der Waals surface area contributed by atoms with E-state index in [9.17, 15) is 9.90 Å². The van der Waals surface area contributed by atoms with Gasteiger partial charge in [-0.25, -0.2) is 0 Å². The predicted octanol–water partition coefficient (Wildman–Crippen LogP) is 1.76. The van der Waals surface area contributed by atoms with Crippen molar-refractivity contribution >= 4 is 5.91 Å². The molecule has 150 valence electrons. The molecule has 7 nitrogen and oxygen atoms in total. The van der Waals surface area contributed by atoms with Crippen LogP contribution in [0, 0.1) is 6.92 Å². The van der Waals surface area contributed by atoms with Gasteiger partial charge in [0.2, 0.25) is 0 Å². The van der Waals surface area contributed by atoms with Crippen molar-refractivity contribution in [3.63, 3.8) is 0 Å². The maximum atomic E-state index is 13.3. The molecule has 2 aliphatic heterocycles. The van der Waals surface area contributed by atoms with Crippen LogP contribution in [0.2, 0.25) is 0 Å². The molecule has 2 saturated heterocycles. The van der Waals surface area contributed by atoms with Crippen molar-refractivity contribution in [2.75, 3.05) is 32.8 Å². The van der Waals surface area contributed by atoms with Gasteiger partial charge in [-0.15, -0.1) is 0 Å². The van der Waals surface area contributed by atoms with Gasteiger partial charge in [0.05, 0.1) is 36.6 Å². The average molecular weight is 384 g/mol. The summed E-state index contributed by atoms with van der Waals surface area (Å²) in [7, 11) is 0. The topological polar surface area (TPSA) is 81.7 Å². The largest absolute Gasteiger partial charge is 0.393 e. The van der Waals surface area contributed by atoms with Gasteiger partial charge in [-0.3, -0.25) is 9.89 Å². The Kier molecular flexibility index (Phi) is 5.75. The first-order valence-electron chi connectivity index (χ1n) is 10.0. The number of carbonyl (C=O) groups excluding carboxylic acids is 1. The van der Waals surface area contributed by atoms with E-state index in [1.165, 1.54) is 0 Å². The second kappa shape index (κ2) is 8.43. The summed E-state index contributed by atoms with van der Waals surface area (Å²) < 4.78 is 6.18. The zero-order valence-corrected chi connectivity index (χ0v) is 16.3. The molecule has 2 N–H and O–H groups in total. The molecule has 0 bridgehead atoms. The number of amides is 1. The fourth-order valence-electron chi connectivity index (χ4n) is 4.24. The number of hydrogen-bond donors (Lipinski definition) is 2. The van der Waals surface area contributed by atoms with Crippen LogP contribution in [0.5, 0.6) is 0 Å². The van der Waals surface area contributed by atoms with Gasteiger partial charge in [0.25, 0.3) is 5.91 Å². The molecule has 2 aromatic rings. The van der Waals surface area contributed by atoms with Crippen LogP contribution in [0.4, 0.5) is 0 Å². The number of likely N-dealkylation sites (tertiary alicyclic amines) is 1. The summed E-state index contributed by atoms with van der Waals surface area (Å²) in [6, 6.07) is 9.97. The highest BCUT2D eigenvalue weighted by Gasteiger charge is 2.38. The summed E-state index contributed by atoms with van der Waals surface area (Å²) in [6.07, 6.45) is 2.88. The molecular weight excluding hydrogens is 356 g/mol. The van der Waals surface area contributed by atoms with E-state index in [-0.39, 0.29) is 24.2 Å². The summed E-state index contributed by atoms with van der Waals surface area (Å²) in [4.78, 5) is 17.6. The normalized spacial score (nSPS) is 24.4. The Morgan fingerprint density at radius 1 is 1.25 bits per heavy atom. The third kappa shape index (κ3) is 3.97. The number of morpholine rings is 1. The molecule has 28 heavy (non-hydrogen) atoms. The summed E-state index contributed by atoms with van der Waals surface area (Å²) in [5.41, 5.74) is 2.48. The smallest absolute Gasteiger partial charge is 0.257 e. The van der Waals surface area contributed by atoms with Gasteiger partial charge in [0, 0.05) is 31.9 Å². The zero-order chi connectivity index (χ0) is 19.5. The highest BCUT2D eigenvalue weighted by Crippen LogP contribution is 2.32. The van der Waals surface area contributed by atoms with E-state index in [0.717, 1.165) is 43.7 Å². The molecule has 0 aliphatic carbocycles. The van der Waals surface area contributed by atoms with Crippen molar-refractivity contribution in [3.05, 3.63) is 53.3 Å². The van der Waals surface area contributed by atoms with Gasteiger partial charge in [-0.2, -0.15) is 5.10 Å². The predicted molar refractivity (Wildman–Crippen MR) is 105 cm³/mol. The van der Waals surface area contributed by atoms with Crippen LogP contribution in [-0.4, -0.2) is 76.0 Å². The summed E-state index contributed by atoms with van der Waals surface area (Å²) >= 11 is 0. The van der Waals surface area contributed by atoms with E-state index in [1.807, 2.05) is 30.0 Å². The fourth-order valence-corrected chi connectivity index (χ4v) is 4.24. The number of aromatic amines is 1. The first-order valence-corrected chi connectivity index (χ1v) is 10.0. The Balaban J connectivity index is 1.60. The van der Waals surface area contributed by atoms with Crippen LogP contribution in [0.3, 0.4) is 0 Å². The maximum absolute atomic E-state index is 13.3. The minimum Gasteiger partial charge on any atom is -0.393 e. The van der Waals surface area contributed by atoms with E-state index >= 15 is 0 Å². The van der Waals surface area contributed by atoms with E-state index in [1.54, 1.807) is 6.20 Å². The van der Waals surface area contributed by atoms with Crippen LogP contribution in [0.1, 0.15) is 40.5 Å². The van der Waals surface area contributed by atoms with Crippen molar-refractivity contribution in [1.29, 1.82) is 0 Å². The van der Waals surface area contributed by atoms with Crippen molar-refractivity contribution in [3.8, 4) is 0 Å². The Labute approximate surface area is 165 Å². The van der Waals surface area contributed by atoms with Crippen molar-refractivity contribution in [2.45, 2.75) is 38.0 Å². The molecule has 2 fully saturated rings. The Morgan fingerprint density at radius 2 is 2.00 bits per heavy atom. The lowest BCUT2D eigenvalue weighted by Gasteiger charge is -2.44. The number of hydrogen-bond acceptors (Lipinski definition) is 5. The lowest BCUT2D eigenvalue weighted by atomic mass is 9.96. The van der Waals surface area contributed by atoms with Gasteiger partial charge >= 0.3 is 0 Å². The number of nitrogens with one attached hydrogen (secondary N) is 1. The van der Waals surface area contributed by atoms with Crippen LogP contribution < -0.4 is 0 Å². The molecule has 1 aromatic carbocycles. The molecule has 1 amide bonds. The first-order chi connectivity index (χ1) is 13.6. The minimum atomic E-state index is -0.199. The van der Waals surface area contributed by atoms with Gasteiger partial charge in [-0.1, -0.05) is 30.3 Å². The molecule has 3 heterocycles. The number of aryl methyl sites for hydroxylation is 1. The second-order valence-corrected chi connectivity index (χ2v) is 7.70. The number of carbonyl (C=O) groups is 1. The third-order valence-corrected chi connectivity index (χ3v) is 5.81. The number of rotatable bonds is 4. The van der Waals surface area contributed by atoms with Gasteiger partial charge in [0.1, 0.15) is 0 Å². The number of aliphatic hydroxyl groups is 1. The number of nitrogens with zero attached hydrogens (tertiary/aromatic N) is 3. The molecule has 0 spiro atoms. The number of piperidine rings is 1. The standard InChI is InChI=1S/C21H28N4O3/c1-15-18(13-22-23-15)21(27)25-11-12-28-19(14-24-9-7-17(26)8-10-24)20(25)16-5-3-2-4-6-16/h2-6,13,17,19-20,26H,7-12,14H2,1H3,(H,22,23)/t19-,20-/m0/s1. The summed E-state index contributed by atoms with van der Waals surface area (Å²) in [5.74, 6) is -0.0116. The van der Waals surface area contributed by atoms with E-state index in [2.05, 4.69) is 27.2 Å². The highest BCUT2D eigenvalue weighted by molar-refractivity contribution is 5.95. The summed E-state index contributed by atoms with van der Waals surface area (Å²) in [6.45, 7) is 5.41. The Morgan fingerprint density at radius 3 is 2.68 bits per heavy atom.